The van der Waals surface area contributed by atoms with E-state index in [9.17, 15) is 22.4 Å². The molecule has 2 aromatic rings. The molecule has 112 valence electrons. The minimum absolute atomic E-state index is 0.195. The van der Waals surface area contributed by atoms with Gasteiger partial charge in [-0.05, 0) is 24.6 Å². The molecule has 0 radical (unpaired) electrons. The lowest BCUT2D eigenvalue weighted by atomic mass is 10.1. The first kappa shape index (κ1) is 15.4. The molecule has 0 bridgehead atoms. The summed E-state index contributed by atoms with van der Waals surface area (Å²) in [5.41, 5.74) is 0.694. The van der Waals surface area contributed by atoms with Gasteiger partial charge in [-0.1, -0.05) is 6.07 Å². The van der Waals surface area contributed by atoms with Crippen LogP contribution in [0.25, 0.3) is 0 Å². The number of carbonyl (C=O) groups excluding carboxylic acids is 1. The largest absolute Gasteiger partial charge is 0.416 e. The van der Waals surface area contributed by atoms with Crippen LogP contribution in [0.4, 0.5) is 17.6 Å². The fraction of sp³-hybridized carbons (Fsp3) is 0.231. The van der Waals surface area contributed by atoms with E-state index in [0.29, 0.717) is 16.6 Å². The van der Waals surface area contributed by atoms with Crippen molar-refractivity contribution in [3.8, 4) is 0 Å². The summed E-state index contributed by atoms with van der Waals surface area (Å²) in [5.74, 6) is -1.48. The van der Waals surface area contributed by atoms with Crippen molar-refractivity contribution >= 4 is 17.2 Å². The number of halogens is 4. The normalized spacial score (nSPS) is 11.5. The summed E-state index contributed by atoms with van der Waals surface area (Å²) >= 11 is 1.10. The molecule has 0 spiro atoms. The van der Waals surface area contributed by atoms with Crippen LogP contribution in [0.5, 0.6) is 0 Å². The number of nitrogens with one attached hydrogen (secondary N) is 1. The fourth-order valence-corrected chi connectivity index (χ4v) is 2.46. The molecule has 0 unspecified atom stereocenters. The Morgan fingerprint density at radius 3 is 2.67 bits per heavy atom. The number of amides is 1. The molecule has 1 heterocycles. The van der Waals surface area contributed by atoms with E-state index in [-0.39, 0.29) is 12.1 Å². The van der Waals surface area contributed by atoms with Gasteiger partial charge >= 0.3 is 6.18 Å². The third-order valence-electron chi connectivity index (χ3n) is 2.77. The van der Waals surface area contributed by atoms with Gasteiger partial charge in [-0.15, -0.1) is 11.3 Å². The van der Waals surface area contributed by atoms with Crippen LogP contribution >= 0.6 is 11.3 Å². The Morgan fingerprint density at radius 1 is 1.38 bits per heavy atom. The molecule has 1 aromatic carbocycles. The van der Waals surface area contributed by atoms with Gasteiger partial charge in [-0.2, -0.15) is 13.2 Å². The molecule has 3 nitrogen and oxygen atoms in total. The summed E-state index contributed by atoms with van der Waals surface area (Å²) < 4.78 is 51.4. The van der Waals surface area contributed by atoms with Crippen molar-refractivity contribution in [2.45, 2.75) is 19.6 Å². The summed E-state index contributed by atoms with van der Waals surface area (Å²) in [6, 6.07) is 2.35. The first-order valence-electron chi connectivity index (χ1n) is 5.83. The van der Waals surface area contributed by atoms with Crippen LogP contribution < -0.4 is 5.32 Å². The summed E-state index contributed by atoms with van der Waals surface area (Å²) in [7, 11) is 0. The number of hydrogen-bond acceptors (Lipinski definition) is 3. The van der Waals surface area contributed by atoms with Crippen LogP contribution in [0.3, 0.4) is 0 Å². The van der Waals surface area contributed by atoms with Crippen LogP contribution in [0.1, 0.15) is 26.5 Å². The highest BCUT2D eigenvalue weighted by molar-refractivity contribution is 7.11. The monoisotopic (exact) mass is 318 g/mol. The Balaban J connectivity index is 2.17. The molecule has 1 N–H and O–H groups in total. The lowest BCUT2D eigenvalue weighted by Crippen LogP contribution is -2.24. The second-order valence-corrected chi connectivity index (χ2v) is 5.10. The number of thiazole rings is 1. The highest BCUT2D eigenvalue weighted by atomic mass is 32.1. The minimum atomic E-state index is -4.68. The standard InChI is InChI=1S/C13H10F4N2OS/c1-7-11(21-6-19-7)12(20)18-5-8-2-3-9(14)4-10(8)13(15,16)17/h2-4,6H,5H2,1H3,(H,18,20). The first-order valence-corrected chi connectivity index (χ1v) is 6.71. The van der Waals surface area contributed by atoms with Crippen molar-refractivity contribution < 1.29 is 22.4 Å². The van der Waals surface area contributed by atoms with E-state index in [1.165, 1.54) is 5.51 Å². The van der Waals surface area contributed by atoms with Crippen molar-refractivity contribution in [3.05, 3.63) is 51.2 Å². The Morgan fingerprint density at radius 2 is 2.10 bits per heavy atom. The zero-order valence-electron chi connectivity index (χ0n) is 10.8. The van der Waals surface area contributed by atoms with Crippen LogP contribution in [0, 0.1) is 12.7 Å². The Labute approximate surface area is 121 Å². The van der Waals surface area contributed by atoms with E-state index >= 15 is 0 Å². The molecule has 8 heteroatoms. The molecule has 2 rings (SSSR count). The average molecular weight is 318 g/mol. The molecule has 0 saturated carbocycles. The Bertz CT molecular complexity index is 666. The van der Waals surface area contributed by atoms with Crippen LogP contribution in [0.2, 0.25) is 0 Å². The van der Waals surface area contributed by atoms with Gasteiger partial charge in [0.1, 0.15) is 10.7 Å². The number of rotatable bonds is 3. The number of carbonyl (C=O) groups is 1. The number of aryl methyl sites for hydroxylation is 1. The summed E-state index contributed by atoms with van der Waals surface area (Å²) in [4.78, 5) is 16.1. The van der Waals surface area contributed by atoms with Crippen molar-refractivity contribution in [2.24, 2.45) is 0 Å². The molecule has 0 saturated heterocycles. The maximum atomic E-state index is 13.0. The van der Waals surface area contributed by atoms with E-state index in [4.69, 9.17) is 0 Å². The third-order valence-corrected chi connectivity index (χ3v) is 3.70. The maximum absolute atomic E-state index is 13.0. The smallest absolute Gasteiger partial charge is 0.347 e. The first-order chi connectivity index (χ1) is 9.79. The lowest BCUT2D eigenvalue weighted by molar-refractivity contribution is -0.138. The molecule has 1 aromatic heterocycles. The summed E-state index contributed by atoms with van der Waals surface area (Å²) in [6.07, 6.45) is -4.68. The second kappa shape index (κ2) is 5.80. The van der Waals surface area contributed by atoms with Gasteiger partial charge in [0, 0.05) is 6.54 Å². The van der Waals surface area contributed by atoms with Crippen molar-refractivity contribution in [2.75, 3.05) is 0 Å². The van der Waals surface area contributed by atoms with E-state index in [0.717, 1.165) is 23.5 Å². The number of aromatic nitrogens is 1. The molecule has 0 aliphatic heterocycles. The minimum Gasteiger partial charge on any atom is -0.347 e. The van der Waals surface area contributed by atoms with Gasteiger partial charge in [0.05, 0.1) is 16.8 Å². The summed E-state index contributed by atoms with van der Waals surface area (Å²) in [5, 5.41) is 2.38. The number of alkyl halides is 3. The van der Waals surface area contributed by atoms with Gasteiger partial charge in [-0.3, -0.25) is 4.79 Å². The lowest BCUT2D eigenvalue weighted by Gasteiger charge is -2.13. The zero-order valence-corrected chi connectivity index (χ0v) is 11.6. The maximum Gasteiger partial charge on any atom is 0.416 e. The van der Waals surface area contributed by atoms with Crippen LogP contribution in [-0.2, 0) is 12.7 Å². The Kier molecular flexibility index (Phi) is 4.26. The topological polar surface area (TPSA) is 42.0 Å². The van der Waals surface area contributed by atoms with Gasteiger partial charge < -0.3 is 5.32 Å². The molecular weight excluding hydrogens is 308 g/mol. The van der Waals surface area contributed by atoms with Crippen molar-refractivity contribution in [1.29, 1.82) is 0 Å². The Hall–Kier alpha value is -1.96. The quantitative estimate of drug-likeness (QED) is 0.880. The highest BCUT2D eigenvalue weighted by Crippen LogP contribution is 2.32. The SMILES string of the molecule is Cc1ncsc1C(=O)NCc1ccc(F)cc1C(F)(F)F. The molecule has 0 aliphatic rings. The zero-order chi connectivity index (χ0) is 15.6. The van der Waals surface area contributed by atoms with Crippen molar-refractivity contribution in [1.82, 2.24) is 10.3 Å². The number of nitrogens with zero attached hydrogens (tertiary/aromatic N) is 1. The molecule has 0 aliphatic carbocycles. The fourth-order valence-electron chi connectivity index (χ4n) is 1.74. The van der Waals surface area contributed by atoms with Gasteiger partial charge in [0.25, 0.3) is 5.91 Å². The van der Waals surface area contributed by atoms with E-state index in [1.807, 2.05) is 0 Å². The van der Waals surface area contributed by atoms with Crippen LogP contribution in [-0.4, -0.2) is 10.9 Å². The van der Waals surface area contributed by atoms with Crippen molar-refractivity contribution in [3.63, 3.8) is 0 Å². The van der Waals surface area contributed by atoms with Gasteiger partial charge in [0.15, 0.2) is 0 Å². The van der Waals surface area contributed by atoms with Gasteiger partial charge in [0.2, 0.25) is 0 Å². The van der Waals surface area contributed by atoms with E-state index in [1.54, 1.807) is 6.92 Å². The number of benzene rings is 1. The molecular formula is C13H10F4N2OS. The van der Waals surface area contributed by atoms with Gasteiger partial charge in [-0.25, -0.2) is 9.37 Å². The highest BCUT2D eigenvalue weighted by Gasteiger charge is 2.33. The summed E-state index contributed by atoms with van der Waals surface area (Å²) in [6.45, 7) is 1.29. The number of hydrogen-bond donors (Lipinski definition) is 1. The van der Waals surface area contributed by atoms with E-state index < -0.39 is 23.5 Å². The molecule has 0 fully saturated rings. The third kappa shape index (κ3) is 3.57. The molecule has 0 atom stereocenters. The van der Waals surface area contributed by atoms with E-state index in [2.05, 4.69) is 10.3 Å². The molecule has 21 heavy (non-hydrogen) atoms. The second-order valence-electron chi connectivity index (χ2n) is 4.25. The van der Waals surface area contributed by atoms with Crippen LogP contribution in [0.15, 0.2) is 23.7 Å². The average Bonchev–Trinajstić information content (AvgIpc) is 2.82. The predicted octanol–water partition coefficient (Wildman–Crippen LogP) is 3.54. The molecule has 1 amide bonds. The predicted molar refractivity (Wildman–Crippen MR) is 69.4 cm³/mol.